The highest BCUT2D eigenvalue weighted by Gasteiger charge is 2.26. The fourth-order valence-corrected chi connectivity index (χ4v) is 4.30. The summed E-state index contributed by atoms with van der Waals surface area (Å²) >= 11 is 5.79. The second kappa shape index (κ2) is 10.8. The summed E-state index contributed by atoms with van der Waals surface area (Å²) in [7, 11) is 0. The van der Waals surface area contributed by atoms with E-state index >= 15 is 0 Å². The summed E-state index contributed by atoms with van der Waals surface area (Å²) in [5, 5.41) is 5.89. The Labute approximate surface area is 193 Å². The SMILES string of the molecule is CC(=O)NC=S.Cc1nc(NC(=O)N2CCC[C@H]2C)sc1-c1ccnc(C(C)(C)C)c1. The molecule has 3 heterocycles. The zero-order valence-corrected chi connectivity index (χ0v) is 20.6. The summed E-state index contributed by atoms with van der Waals surface area (Å²) in [5.74, 6) is -0.120. The molecule has 0 saturated carbocycles. The van der Waals surface area contributed by atoms with E-state index in [2.05, 4.69) is 66.6 Å². The molecule has 0 aliphatic carbocycles. The van der Waals surface area contributed by atoms with E-state index in [9.17, 15) is 9.59 Å². The summed E-state index contributed by atoms with van der Waals surface area (Å²) in [4.78, 5) is 34.3. The van der Waals surface area contributed by atoms with Gasteiger partial charge in [0.25, 0.3) is 0 Å². The number of aromatic nitrogens is 2. The number of amides is 3. The predicted octanol–water partition coefficient (Wildman–Crippen LogP) is 4.91. The minimum atomic E-state index is -0.120. The summed E-state index contributed by atoms with van der Waals surface area (Å²) in [6.07, 6.45) is 3.99. The van der Waals surface area contributed by atoms with Gasteiger partial charge < -0.3 is 10.2 Å². The maximum atomic E-state index is 12.4. The lowest BCUT2D eigenvalue weighted by Crippen LogP contribution is -2.37. The van der Waals surface area contributed by atoms with Gasteiger partial charge in [0.15, 0.2) is 5.13 Å². The van der Waals surface area contributed by atoms with Crippen LogP contribution in [-0.2, 0) is 10.2 Å². The first kappa shape index (κ1) is 24.9. The van der Waals surface area contributed by atoms with Crippen molar-refractivity contribution in [1.82, 2.24) is 20.2 Å². The van der Waals surface area contributed by atoms with Crippen molar-refractivity contribution >= 4 is 46.1 Å². The molecule has 0 radical (unpaired) electrons. The lowest BCUT2D eigenvalue weighted by atomic mass is 9.90. The Bertz CT molecular complexity index is 936. The number of carbonyl (C=O) groups is 2. The molecule has 2 N–H and O–H groups in total. The number of aryl methyl sites for hydroxylation is 1. The van der Waals surface area contributed by atoms with Crippen LogP contribution in [0.25, 0.3) is 10.4 Å². The molecule has 31 heavy (non-hydrogen) atoms. The number of pyridine rings is 1. The van der Waals surface area contributed by atoms with Gasteiger partial charge in [0.1, 0.15) is 0 Å². The Morgan fingerprint density at radius 3 is 2.58 bits per heavy atom. The smallest absolute Gasteiger partial charge is 0.323 e. The molecule has 1 saturated heterocycles. The number of urea groups is 1. The third-order valence-corrected chi connectivity index (χ3v) is 6.12. The number of carbonyl (C=O) groups excluding carboxylic acids is 2. The lowest BCUT2D eigenvalue weighted by Gasteiger charge is -2.20. The largest absolute Gasteiger partial charge is 0.323 e. The first-order valence-corrected chi connectivity index (χ1v) is 11.5. The molecule has 1 aliphatic rings. The molecule has 0 unspecified atom stereocenters. The van der Waals surface area contributed by atoms with Gasteiger partial charge in [-0.15, -0.1) is 0 Å². The Morgan fingerprint density at radius 2 is 2.06 bits per heavy atom. The van der Waals surface area contributed by atoms with Crippen LogP contribution in [0.5, 0.6) is 0 Å². The molecule has 1 fully saturated rings. The van der Waals surface area contributed by atoms with Crippen LogP contribution in [0.15, 0.2) is 18.3 Å². The zero-order valence-electron chi connectivity index (χ0n) is 19.0. The Morgan fingerprint density at radius 1 is 1.35 bits per heavy atom. The number of likely N-dealkylation sites (tertiary alicyclic amines) is 1. The van der Waals surface area contributed by atoms with Gasteiger partial charge in [-0.3, -0.25) is 15.1 Å². The molecule has 9 heteroatoms. The fourth-order valence-electron chi connectivity index (χ4n) is 3.18. The van der Waals surface area contributed by atoms with E-state index in [1.807, 2.05) is 24.1 Å². The van der Waals surface area contributed by atoms with Crippen molar-refractivity contribution in [1.29, 1.82) is 0 Å². The third kappa shape index (κ3) is 7.07. The normalized spacial score (nSPS) is 15.7. The maximum Gasteiger partial charge on any atom is 0.323 e. The summed E-state index contributed by atoms with van der Waals surface area (Å²) in [5.41, 5.74) is 4.26. The van der Waals surface area contributed by atoms with E-state index in [-0.39, 0.29) is 17.4 Å². The molecule has 7 nitrogen and oxygen atoms in total. The second-order valence-corrected chi connectivity index (χ2v) is 9.78. The number of thiazole rings is 1. The van der Waals surface area contributed by atoms with Gasteiger partial charge >= 0.3 is 6.03 Å². The Kier molecular flexibility index (Phi) is 8.64. The average Bonchev–Trinajstić information content (AvgIpc) is 3.27. The van der Waals surface area contributed by atoms with E-state index in [4.69, 9.17) is 0 Å². The van der Waals surface area contributed by atoms with Crippen LogP contribution in [0, 0.1) is 6.92 Å². The van der Waals surface area contributed by atoms with Crippen molar-refractivity contribution in [3.05, 3.63) is 29.7 Å². The quantitative estimate of drug-likeness (QED) is 0.635. The zero-order chi connectivity index (χ0) is 23.2. The van der Waals surface area contributed by atoms with Crippen LogP contribution < -0.4 is 10.6 Å². The molecule has 0 bridgehead atoms. The third-order valence-electron chi connectivity index (χ3n) is 4.88. The van der Waals surface area contributed by atoms with E-state index < -0.39 is 0 Å². The number of nitrogens with one attached hydrogen (secondary N) is 2. The number of nitrogens with zero attached hydrogens (tertiary/aromatic N) is 3. The molecule has 3 rings (SSSR count). The van der Waals surface area contributed by atoms with Gasteiger partial charge in [0, 0.05) is 36.8 Å². The average molecular weight is 462 g/mol. The van der Waals surface area contributed by atoms with E-state index in [1.54, 1.807) is 0 Å². The molecule has 0 spiro atoms. The number of hydrogen-bond acceptors (Lipinski definition) is 6. The number of hydrogen-bond donors (Lipinski definition) is 2. The molecular formula is C22H31N5O2S2. The van der Waals surface area contributed by atoms with Crippen LogP contribution >= 0.6 is 23.6 Å². The molecule has 0 aromatic carbocycles. The standard InChI is InChI=1S/C19H26N4OS.C3H5NOS/c1-12-7-6-10-23(12)18(24)22-17-21-13(2)16(25-17)14-8-9-20-15(11-14)19(3,4)5;1-3(5)4-2-6/h8-9,11-12H,6-7,10H2,1-5H3,(H,21,22,24);2H,1H3,(H,4,5,6)/t12-;/m1./s1. The lowest BCUT2D eigenvalue weighted by molar-refractivity contribution is -0.117. The Hall–Kier alpha value is -2.39. The highest BCUT2D eigenvalue weighted by Crippen LogP contribution is 2.34. The molecule has 3 amide bonds. The summed E-state index contributed by atoms with van der Waals surface area (Å²) in [6, 6.07) is 4.38. The van der Waals surface area contributed by atoms with Gasteiger partial charge in [0.05, 0.1) is 16.1 Å². The minimum absolute atomic E-state index is 0.00244. The first-order chi connectivity index (χ1) is 14.5. The van der Waals surface area contributed by atoms with Gasteiger partial charge in [-0.25, -0.2) is 9.78 Å². The van der Waals surface area contributed by atoms with Crippen molar-refractivity contribution < 1.29 is 9.59 Å². The van der Waals surface area contributed by atoms with Crippen molar-refractivity contribution in [3.8, 4) is 10.4 Å². The maximum absolute atomic E-state index is 12.4. The van der Waals surface area contributed by atoms with Crippen LogP contribution in [0.4, 0.5) is 9.93 Å². The van der Waals surface area contributed by atoms with Gasteiger partial charge in [-0.2, -0.15) is 0 Å². The second-order valence-electron chi connectivity index (χ2n) is 8.55. The van der Waals surface area contributed by atoms with Gasteiger partial charge in [-0.05, 0) is 44.4 Å². The molecular weight excluding hydrogens is 430 g/mol. The number of rotatable bonds is 3. The van der Waals surface area contributed by atoms with Gasteiger partial charge in [0.2, 0.25) is 5.91 Å². The van der Waals surface area contributed by atoms with Crippen LogP contribution in [0.1, 0.15) is 58.8 Å². The van der Waals surface area contributed by atoms with Crippen molar-refractivity contribution in [3.63, 3.8) is 0 Å². The molecule has 1 aliphatic heterocycles. The van der Waals surface area contributed by atoms with Crippen molar-refractivity contribution in [2.75, 3.05) is 11.9 Å². The van der Waals surface area contributed by atoms with Crippen molar-refractivity contribution in [2.24, 2.45) is 0 Å². The van der Waals surface area contributed by atoms with E-state index in [1.165, 1.54) is 23.8 Å². The highest BCUT2D eigenvalue weighted by atomic mass is 32.1. The summed E-state index contributed by atoms with van der Waals surface area (Å²) < 4.78 is 0. The highest BCUT2D eigenvalue weighted by molar-refractivity contribution is 7.78. The van der Waals surface area contributed by atoms with Crippen LogP contribution in [0.3, 0.4) is 0 Å². The molecule has 2 aromatic rings. The molecule has 168 valence electrons. The minimum Gasteiger partial charge on any atom is -0.323 e. The van der Waals surface area contributed by atoms with Crippen molar-refractivity contribution in [2.45, 2.75) is 65.8 Å². The van der Waals surface area contributed by atoms with E-state index in [0.717, 1.165) is 41.2 Å². The Balaban J connectivity index is 0.000000501. The van der Waals surface area contributed by atoms with Gasteiger partial charge in [-0.1, -0.05) is 44.3 Å². The predicted molar refractivity (Wildman–Crippen MR) is 131 cm³/mol. The van der Waals surface area contributed by atoms with E-state index in [0.29, 0.717) is 11.2 Å². The molecule has 2 aromatic heterocycles. The number of thiocarbonyl (C=S) groups is 1. The molecule has 1 atom stereocenters. The first-order valence-electron chi connectivity index (χ1n) is 10.3. The summed E-state index contributed by atoms with van der Waals surface area (Å²) in [6.45, 7) is 12.8. The monoisotopic (exact) mass is 461 g/mol. The fraction of sp³-hybridized carbons (Fsp3) is 0.500. The van der Waals surface area contributed by atoms with Crippen LogP contribution in [0.2, 0.25) is 0 Å². The number of anilines is 1. The van der Waals surface area contributed by atoms with Crippen LogP contribution in [-0.4, -0.2) is 44.9 Å². The topological polar surface area (TPSA) is 87.2 Å².